The largest absolute Gasteiger partial charge is 0.101 e. The number of hydrogen-bond donors (Lipinski definition) is 0. The van der Waals surface area contributed by atoms with Gasteiger partial charge in [0.25, 0.3) is 0 Å². The molecule has 1 aromatic rings. The molecule has 0 fully saturated rings. The number of benzene rings is 1. The molecule has 1 aromatic carbocycles. The van der Waals surface area contributed by atoms with Gasteiger partial charge in [0.1, 0.15) is 0 Å². The van der Waals surface area contributed by atoms with Gasteiger partial charge in [0.15, 0.2) is 0 Å². The monoisotopic (exact) mass is 256 g/mol. The standard InChI is InChI=1S/C10H9I/c1-2-4-9-5-3-6-10(7-9)8-11/h3,5-7H,8H2,1H3. The van der Waals surface area contributed by atoms with E-state index >= 15 is 0 Å². The fraction of sp³-hybridized carbons (Fsp3) is 0.200. The second-order valence-electron chi connectivity index (χ2n) is 2.21. The molecule has 0 radical (unpaired) electrons. The molecule has 11 heavy (non-hydrogen) atoms. The zero-order chi connectivity index (χ0) is 8.10. The lowest BCUT2D eigenvalue weighted by Crippen LogP contribution is -1.78. The summed E-state index contributed by atoms with van der Waals surface area (Å²) in [4.78, 5) is 0. The van der Waals surface area contributed by atoms with E-state index in [9.17, 15) is 0 Å². The van der Waals surface area contributed by atoms with Crippen LogP contribution in [0.2, 0.25) is 0 Å². The van der Waals surface area contributed by atoms with Gasteiger partial charge in [-0.3, -0.25) is 0 Å². The van der Waals surface area contributed by atoms with Crippen LogP contribution in [0, 0.1) is 11.8 Å². The summed E-state index contributed by atoms with van der Waals surface area (Å²) in [5.74, 6) is 5.91. The van der Waals surface area contributed by atoms with Crippen LogP contribution in [0.3, 0.4) is 0 Å². The SMILES string of the molecule is CC#Cc1cccc(CI)c1. The summed E-state index contributed by atoms with van der Waals surface area (Å²) in [6.45, 7) is 1.86. The number of hydrogen-bond acceptors (Lipinski definition) is 0. The predicted octanol–water partition coefficient (Wildman–Crippen LogP) is 2.99. The molecular weight excluding hydrogens is 247 g/mol. The zero-order valence-electron chi connectivity index (χ0n) is 6.39. The maximum Gasteiger partial charge on any atom is 0.0248 e. The molecule has 0 saturated carbocycles. The molecule has 0 atom stereocenters. The molecule has 0 spiro atoms. The third-order valence-electron chi connectivity index (χ3n) is 1.35. The van der Waals surface area contributed by atoms with E-state index in [-0.39, 0.29) is 0 Å². The summed E-state index contributed by atoms with van der Waals surface area (Å²) in [7, 11) is 0. The van der Waals surface area contributed by atoms with Gasteiger partial charge in [-0.1, -0.05) is 40.6 Å². The Labute approximate surface area is 81.2 Å². The van der Waals surface area contributed by atoms with E-state index in [0.717, 1.165) is 9.99 Å². The Morgan fingerprint density at radius 3 is 2.91 bits per heavy atom. The normalized spacial score (nSPS) is 8.55. The maximum absolute atomic E-state index is 3.03. The lowest BCUT2D eigenvalue weighted by molar-refractivity contribution is 1.44. The molecule has 1 heteroatoms. The summed E-state index contributed by atoms with van der Waals surface area (Å²) in [5, 5.41) is 0. The molecule has 0 aliphatic rings. The van der Waals surface area contributed by atoms with Gasteiger partial charge in [-0.15, -0.1) is 5.92 Å². The molecule has 0 unspecified atom stereocenters. The minimum Gasteiger partial charge on any atom is -0.101 e. The van der Waals surface area contributed by atoms with Crippen molar-refractivity contribution in [3.05, 3.63) is 35.4 Å². The number of halogens is 1. The van der Waals surface area contributed by atoms with Gasteiger partial charge in [-0.25, -0.2) is 0 Å². The minimum absolute atomic E-state index is 1.05. The highest BCUT2D eigenvalue weighted by Crippen LogP contribution is 2.07. The second kappa shape index (κ2) is 4.40. The molecular formula is C10H9I. The van der Waals surface area contributed by atoms with Crippen LogP contribution >= 0.6 is 22.6 Å². The molecule has 0 N–H and O–H groups in total. The fourth-order valence-corrected chi connectivity index (χ4v) is 1.35. The second-order valence-corrected chi connectivity index (χ2v) is 2.97. The quantitative estimate of drug-likeness (QED) is 0.411. The Balaban J connectivity index is 2.97. The first kappa shape index (κ1) is 8.61. The van der Waals surface area contributed by atoms with E-state index in [0.29, 0.717) is 0 Å². The van der Waals surface area contributed by atoms with Crippen molar-refractivity contribution in [2.45, 2.75) is 11.4 Å². The highest BCUT2D eigenvalue weighted by atomic mass is 127. The molecule has 56 valence electrons. The van der Waals surface area contributed by atoms with Crippen molar-refractivity contribution in [3.8, 4) is 11.8 Å². The van der Waals surface area contributed by atoms with Crippen LogP contribution in [-0.4, -0.2) is 0 Å². The molecule has 0 amide bonds. The Morgan fingerprint density at radius 1 is 1.45 bits per heavy atom. The van der Waals surface area contributed by atoms with Crippen molar-refractivity contribution in [2.24, 2.45) is 0 Å². The fourth-order valence-electron chi connectivity index (χ4n) is 0.877. The molecule has 0 aliphatic carbocycles. The summed E-state index contributed by atoms with van der Waals surface area (Å²) in [5.41, 5.74) is 2.45. The highest BCUT2D eigenvalue weighted by Gasteiger charge is 1.89. The molecule has 0 saturated heterocycles. The van der Waals surface area contributed by atoms with Crippen LogP contribution in [-0.2, 0) is 4.43 Å². The summed E-state index contributed by atoms with van der Waals surface area (Å²) in [6.07, 6.45) is 0. The van der Waals surface area contributed by atoms with Gasteiger partial charge in [0, 0.05) is 9.99 Å². The van der Waals surface area contributed by atoms with E-state index in [1.807, 2.05) is 19.1 Å². The lowest BCUT2D eigenvalue weighted by Gasteiger charge is -1.94. The van der Waals surface area contributed by atoms with Crippen molar-refractivity contribution in [1.82, 2.24) is 0 Å². The van der Waals surface area contributed by atoms with E-state index in [4.69, 9.17) is 0 Å². The summed E-state index contributed by atoms with van der Waals surface area (Å²) >= 11 is 2.35. The van der Waals surface area contributed by atoms with Gasteiger partial charge in [-0.05, 0) is 24.6 Å². The van der Waals surface area contributed by atoms with Crippen molar-refractivity contribution in [1.29, 1.82) is 0 Å². The van der Waals surface area contributed by atoms with Crippen LogP contribution < -0.4 is 0 Å². The smallest absolute Gasteiger partial charge is 0.0248 e. The average molecular weight is 256 g/mol. The first-order valence-corrected chi connectivity index (χ1v) is 4.97. The Morgan fingerprint density at radius 2 is 2.27 bits per heavy atom. The van der Waals surface area contributed by atoms with Gasteiger partial charge >= 0.3 is 0 Å². The number of alkyl halides is 1. The topological polar surface area (TPSA) is 0 Å². The van der Waals surface area contributed by atoms with Crippen LogP contribution in [0.4, 0.5) is 0 Å². The summed E-state index contributed by atoms with van der Waals surface area (Å²) in [6, 6.07) is 8.33. The van der Waals surface area contributed by atoms with E-state index in [2.05, 4.69) is 46.6 Å². The average Bonchev–Trinajstić information content (AvgIpc) is 2.06. The van der Waals surface area contributed by atoms with E-state index < -0.39 is 0 Å². The van der Waals surface area contributed by atoms with Crippen LogP contribution in [0.25, 0.3) is 0 Å². The Bertz CT molecular complexity index is 291. The lowest BCUT2D eigenvalue weighted by atomic mass is 10.1. The molecule has 1 rings (SSSR count). The van der Waals surface area contributed by atoms with Crippen LogP contribution in [0.5, 0.6) is 0 Å². The van der Waals surface area contributed by atoms with Crippen LogP contribution in [0.1, 0.15) is 18.1 Å². The van der Waals surface area contributed by atoms with E-state index in [1.54, 1.807) is 0 Å². The molecule has 0 nitrogen and oxygen atoms in total. The van der Waals surface area contributed by atoms with Crippen molar-refractivity contribution in [3.63, 3.8) is 0 Å². The minimum atomic E-state index is 1.05. The molecule has 0 aromatic heterocycles. The van der Waals surface area contributed by atoms with Crippen molar-refractivity contribution in [2.75, 3.05) is 0 Å². The zero-order valence-corrected chi connectivity index (χ0v) is 8.55. The molecule has 0 heterocycles. The molecule has 0 aliphatic heterocycles. The summed E-state index contributed by atoms with van der Waals surface area (Å²) < 4.78 is 1.05. The van der Waals surface area contributed by atoms with Crippen molar-refractivity contribution < 1.29 is 0 Å². The number of rotatable bonds is 1. The third-order valence-corrected chi connectivity index (χ3v) is 2.23. The van der Waals surface area contributed by atoms with Gasteiger partial charge < -0.3 is 0 Å². The van der Waals surface area contributed by atoms with Crippen LogP contribution in [0.15, 0.2) is 24.3 Å². The van der Waals surface area contributed by atoms with Gasteiger partial charge in [-0.2, -0.15) is 0 Å². The third kappa shape index (κ3) is 2.55. The van der Waals surface area contributed by atoms with Gasteiger partial charge in [0.2, 0.25) is 0 Å². The van der Waals surface area contributed by atoms with Gasteiger partial charge in [0.05, 0.1) is 0 Å². The molecule has 0 bridgehead atoms. The predicted molar refractivity (Wildman–Crippen MR) is 56.7 cm³/mol. The van der Waals surface area contributed by atoms with Crippen molar-refractivity contribution >= 4 is 22.6 Å². The Hall–Kier alpha value is -0.490. The van der Waals surface area contributed by atoms with E-state index in [1.165, 1.54) is 5.56 Å². The highest BCUT2D eigenvalue weighted by molar-refractivity contribution is 14.1. The Kier molecular flexibility index (Phi) is 3.44. The first-order chi connectivity index (χ1) is 5.36. The first-order valence-electron chi connectivity index (χ1n) is 3.44. The maximum atomic E-state index is 3.03.